The maximum atomic E-state index is 12.5. The van der Waals surface area contributed by atoms with E-state index >= 15 is 0 Å². The van der Waals surface area contributed by atoms with E-state index in [0.29, 0.717) is 11.3 Å². The van der Waals surface area contributed by atoms with Crippen molar-refractivity contribution in [1.82, 2.24) is 0 Å². The normalized spacial score (nSPS) is 6.67. The highest BCUT2D eigenvalue weighted by Gasteiger charge is 1.96. The topological polar surface area (TPSA) is 73.7 Å². The van der Waals surface area contributed by atoms with Crippen LogP contribution >= 0.6 is 0 Å². The summed E-state index contributed by atoms with van der Waals surface area (Å²) in [5.74, 6) is -0.241. The Kier molecular flexibility index (Phi) is 18.7. The van der Waals surface area contributed by atoms with Crippen LogP contribution in [0.15, 0.2) is 18.2 Å². The lowest BCUT2D eigenvalue weighted by atomic mass is 10.2. The van der Waals surface area contributed by atoms with E-state index in [1.807, 2.05) is 13.8 Å². The number of benzene rings is 1. The summed E-state index contributed by atoms with van der Waals surface area (Å²) in [7, 11) is 0. The third kappa shape index (κ3) is 8.62. The van der Waals surface area contributed by atoms with E-state index in [1.165, 1.54) is 6.07 Å². The summed E-state index contributed by atoms with van der Waals surface area (Å²) in [6.07, 6.45) is 0. The van der Waals surface area contributed by atoms with Crippen molar-refractivity contribution >= 4 is 19.1 Å². The molecule has 0 spiro atoms. The van der Waals surface area contributed by atoms with Crippen LogP contribution in [0.25, 0.3) is 0 Å². The summed E-state index contributed by atoms with van der Waals surface area (Å²) in [6.45, 7) is 10.7. The summed E-state index contributed by atoms with van der Waals surface area (Å²) in [5.41, 5.74) is 6.42. The minimum Gasteiger partial charge on any atom is -0.398 e. The fourth-order valence-corrected chi connectivity index (χ4v) is 0.624. The second kappa shape index (κ2) is 14.8. The molecule has 1 rings (SSSR count). The molecule has 0 bridgehead atoms. The lowest BCUT2D eigenvalue weighted by Gasteiger charge is -1.97. The molecule has 0 heterocycles. The maximum Gasteiger partial charge on any atom is 0.128 e. The van der Waals surface area contributed by atoms with Crippen LogP contribution in [0.1, 0.15) is 19.4 Å². The van der Waals surface area contributed by atoms with Crippen molar-refractivity contribution < 1.29 is 4.39 Å². The minimum absolute atomic E-state index is 0.241. The van der Waals surface area contributed by atoms with E-state index in [4.69, 9.17) is 16.6 Å². The number of nitrogens with one attached hydrogen (secondary N) is 2. The zero-order valence-electron chi connectivity index (χ0n) is 9.60. The van der Waals surface area contributed by atoms with Crippen molar-refractivity contribution in [3.63, 3.8) is 0 Å². The smallest absolute Gasteiger partial charge is 0.128 e. The predicted octanol–water partition coefficient (Wildman–Crippen LogP) is 3.27. The molecule has 0 aliphatic heterocycles. The summed E-state index contributed by atoms with van der Waals surface area (Å²) in [6, 6.07) is 4.67. The molecular weight excluding hydrogens is 193 g/mol. The minimum atomic E-state index is -0.241. The first-order valence-electron chi connectivity index (χ1n) is 4.43. The first-order valence-corrected chi connectivity index (χ1v) is 4.43. The Bertz CT molecular complexity index is 229. The quantitative estimate of drug-likeness (QED) is 0.449. The standard InChI is InChI=1S/C7H8FN.C2H6.2CH3N/c1-5-6(8)3-2-4-7(5)9;3*1-2/h2-4H,9H2,1H3;1-2H3;2*2H,1H2. The fourth-order valence-electron chi connectivity index (χ4n) is 0.624. The molecule has 0 saturated carbocycles. The first kappa shape index (κ1) is 19.0. The molecule has 0 aliphatic rings. The summed E-state index contributed by atoms with van der Waals surface area (Å²) in [5, 5.41) is 11.0. The number of nitrogen functional groups attached to an aromatic ring is 1. The molecule has 0 radical (unpaired) electrons. The van der Waals surface area contributed by atoms with Gasteiger partial charge in [0.25, 0.3) is 0 Å². The first-order chi connectivity index (χ1) is 7.22. The van der Waals surface area contributed by atoms with E-state index in [0.717, 1.165) is 0 Å². The highest BCUT2D eigenvalue weighted by Crippen LogP contribution is 2.12. The lowest BCUT2D eigenvalue weighted by Crippen LogP contribution is -1.90. The van der Waals surface area contributed by atoms with Gasteiger partial charge in [-0.05, 0) is 32.5 Å². The van der Waals surface area contributed by atoms with Gasteiger partial charge in [0.1, 0.15) is 5.82 Å². The van der Waals surface area contributed by atoms with Gasteiger partial charge in [-0.3, -0.25) is 0 Å². The lowest BCUT2D eigenvalue weighted by molar-refractivity contribution is 0.619. The van der Waals surface area contributed by atoms with E-state index in [9.17, 15) is 4.39 Å². The summed E-state index contributed by atoms with van der Waals surface area (Å²) < 4.78 is 12.5. The van der Waals surface area contributed by atoms with E-state index in [1.54, 1.807) is 19.1 Å². The van der Waals surface area contributed by atoms with E-state index in [-0.39, 0.29) is 5.82 Å². The summed E-state index contributed by atoms with van der Waals surface area (Å²) in [4.78, 5) is 0. The Morgan fingerprint density at radius 3 is 1.80 bits per heavy atom. The van der Waals surface area contributed by atoms with Crippen molar-refractivity contribution in [2.75, 3.05) is 5.73 Å². The molecule has 3 nitrogen and oxygen atoms in total. The molecule has 0 aliphatic carbocycles. The Labute approximate surface area is 91.1 Å². The molecule has 0 fully saturated rings. The van der Waals surface area contributed by atoms with Crippen LogP contribution < -0.4 is 5.73 Å². The fraction of sp³-hybridized carbons (Fsp3) is 0.273. The van der Waals surface area contributed by atoms with Crippen LogP contribution in [0.2, 0.25) is 0 Å². The average Bonchev–Trinajstić information content (AvgIpc) is 2.34. The third-order valence-corrected chi connectivity index (χ3v) is 1.31. The molecule has 15 heavy (non-hydrogen) atoms. The maximum absolute atomic E-state index is 12.5. The second-order valence-electron chi connectivity index (χ2n) is 1.95. The van der Waals surface area contributed by atoms with Gasteiger partial charge in [-0.25, -0.2) is 4.39 Å². The van der Waals surface area contributed by atoms with Crippen LogP contribution in [0.3, 0.4) is 0 Å². The number of rotatable bonds is 0. The van der Waals surface area contributed by atoms with E-state index in [2.05, 4.69) is 13.4 Å². The van der Waals surface area contributed by atoms with Crippen LogP contribution in [0, 0.1) is 23.6 Å². The number of hydrogen-bond donors (Lipinski definition) is 3. The largest absolute Gasteiger partial charge is 0.398 e. The molecule has 0 aromatic heterocycles. The SMILES string of the molecule is C=N.C=N.CC.Cc1c(N)cccc1F. The van der Waals surface area contributed by atoms with Gasteiger partial charge in [-0.15, -0.1) is 0 Å². The predicted molar refractivity (Wildman–Crippen MR) is 66.6 cm³/mol. The van der Waals surface area contributed by atoms with Crippen molar-refractivity contribution in [3.8, 4) is 0 Å². The highest BCUT2D eigenvalue weighted by molar-refractivity contribution is 5.45. The Hall–Kier alpha value is -1.71. The van der Waals surface area contributed by atoms with Gasteiger partial charge in [0.05, 0.1) is 0 Å². The van der Waals surface area contributed by atoms with Crippen molar-refractivity contribution in [2.24, 2.45) is 0 Å². The average molecular weight is 213 g/mol. The molecule has 1 aromatic carbocycles. The number of anilines is 1. The van der Waals surface area contributed by atoms with E-state index < -0.39 is 0 Å². The molecule has 1 aromatic rings. The molecule has 0 amide bonds. The van der Waals surface area contributed by atoms with Gasteiger partial charge in [0.2, 0.25) is 0 Å². The van der Waals surface area contributed by atoms with Gasteiger partial charge in [0.15, 0.2) is 0 Å². The zero-order chi connectivity index (χ0) is 12.9. The molecule has 0 unspecified atom stereocenters. The van der Waals surface area contributed by atoms with Gasteiger partial charge in [-0.2, -0.15) is 0 Å². The van der Waals surface area contributed by atoms with Gasteiger partial charge < -0.3 is 16.6 Å². The van der Waals surface area contributed by atoms with Crippen molar-refractivity contribution in [1.29, 1.82) is 10.8 Å². The molecular formula is C11H20FN3. The molecule has 0 saturated heterocycles. The van der Waals surface area contributed by atoms with Crippen molar-refractivity contribution in [2.45, 2.75) is 20.8 Å². The van der Waals surface area contributed by atoms with Gasteiger partial charge in [0, 0.05) is 11.3 Å². The number of hydrogen-bond acceptors (Lipinski definition) is 3. The molecule has 86 valence electrons. The molecule has 4 heteroatoms. The molecule has 0 atom stereocenters. The monoisotopic (exact) mass is 213 g/mol. The third-order valence-electron chi connectivity index (χ3n) is 1.31. The highest BCUT2D eigenvalue weighted by atomic mass is 19.1. The Morgan fingerprint density at radius 1 is 1.13 bits per heavy atom. The van der Waals surface area contributed by atoms with Gasteiger partial charge >= 0.3 is 0 Å². The van der Waals surface area contributed by atoms with Crippen LogP contribution in [0.4, 0.5) is 10.1 Å². The van der Waals surface area contributed by atoms with Crippen LogP contribution in [0.5, 0.6) is 0 Å². The Balaban J connectivity index is -0.000000208. The van der Waals surface area contributed by atoms with Gasteiger partial charge in [-0.1, -0.05) is 19.9 Å². The Morgan fingerprint density at radius 2 is 1.53 bits per heavy atom. The molecule has 4 N–H and O–H groups in total. The number of nitrogens with two attached hydrogens (primary N) is 1. The zero-order valence-corrected chi connectivity index (χ0v) is 9.60. The summed E-state index contributed by atoms with van der Waals surface area (Å²) >= 11 is 0. The van der Waals surface area contributed by atoms with Crippen LogP contribution in [-0.4, -0.2) is 13.4 Å². The number of halogens is 1. The van der Waals surface area contributed by atoms with Crippen molar-refractivity contribution in [3.05, 3.63) is 29.6 Å². The van der Waals surface area contributed by atoms with Crippen LogP contribution in [-0.2, 0) is 0 Å². The second-order valence-corrected chi connectivity index (χ2v) is 1.95.